The van der Waals surface area contributed by atoms with Gasteiger partial charge in [0.15, 0.2) is 0 Å². The second-order valence-corrected chi connectivity index (χ2v) is 4.57. The lowest BCUT2D eigenvalue weighted by Gasteiger charge is -2.21. The Kier molecular flexibility index (Phi) is 6.06. The lowest BCUT2D eigenvalue weighted by Crippen LogP contribution is -2.23. The molecule has 0 radical (unpaired) electrons. The van der Waals surface area contributed by atoms with E-state index >= 15 is 0 Å². The average molecular weight is 184 g/mol. The van der Waals surface area contributed by atoms with Crippen LogP contribution >= 0.6 is 0 Å². The molecule has 13 heavy (non-hydrogen) atoms. The van der Waals surface area contributed by atoms with Gasteiger partial charge in [0.1, 0.15) is 0 Å². The summed E-state index contributed by atoms with van der Waals surface area (Å²) in [6.45, 7) is 10.5. The number of rotatable bonds is 5. The standard InChI is InChI=1S/C12H24O/c1-9(2)7-6-8-11(5)12(13)10(3)4/h7,10-13H,6,8H2,1-5H3/t11-,12+/m1/s1. The van der Waals surface area contributed by atoms with Crippen molar-refractivity contribution in [2.24, 2.45) is 11.8 Å². The van der Waals surface area contributed by atoms with Crippen molar-refractivity contribution in [3.8, 4) is 0 Å². The lowest BCUT2D eigenvalue weighted by atomic mass is 9.91. The molecule has 0 amide bonds. The first-order chi connectivity index (χ1) is 5.95. The van der Waals surface area contributed by atoms with E-state index in [4.69, 9.17) is 0 Å². The second-order valence-electron chi connectivity index (χ2n) is 4.57. The van der Waals surface area contributed by atoms with Gasteiger partial charge >= 0.3 is 0 Å². The maximum atomic E-state index is 9.74. The summed E-state index contributed by atoms with van der Waals surface area (Å²) in [5.74, 6) is 0.789. The smallest absolute Gasteiger partial charge is 0.0588 e. The van der Waals surface area contributed by atoms with Gasteiger partial charge in [0, 0.05) is 0 Å². The van der Waals surface area contributed by atoms with Gasteiger partial charge in [-0.3, -0.25) is 0 Å². The summed E-state index contributed by atoms with van der Waals surface area (Å²) in [4.78, 5) is 0. The van der Waals surface area contributed by atoms with Crippen LogP contribution in [0.2, 0.25) is 0 Å². The first-order valence-corrected chi connectivity index (χ1v) is 5.26. The van der Waals surface area contributed by atoms with Crippen LogP contribution in [0.15, 0.2) is 11.6 Å². The first kappa shape index (κ1) is 12.7. The van der Waals surface area contributed by atoms with Crippen molar-refractivity contribution in [1.29, 1.82) is 0 Å². The van der Waals surface area contributed by atoms with Gasteiger partial charge in [-0.1, -0.05) is 32.4 Å². The SMILES string of the molecule is CC(C)=CCC[C@@H](C)[C@@H](O)C(C)C. The van der Waals surface area contributed by atoms with Crippen molar-refractivity contribution >= 4 is 0 Å². The van der Waals surface area contributed by atoms with E-state index in [0.29, 0.717) is 11.8 Å². The second kappa shape index (κ2) is 6.20. The van der Waals surface area contributed by atoms with Crippen molar-refractivity contribution in [2.75, 3.05) is 0 Å². The summed E-state index contributed by atoms with van der Waals surface area (Å²) in [5.41, 5.74) is 1.37. The molecule has 0 fully saturated rings. The molecule has 0 rings (SSSR count). The molecule has 0 aromatic carbocycles. The molecule has 0 aliphatic carbocycles. The van der Waals surface area contributed by atoms with E-state index in [1.807, 2.05) is 0 Å². The first-order valence-electron chi connectivity index (χ1n) is 5.26. The Balaban J connectivity index is 3.74. The van der Waals surface area contributed by atoms with Gasteiger partial charge in [-0.25, -0.2) is 0 Å². The van der Waals surface area contributed by atoms with Gasteiger partial charge in [0.25, 0.3) is 0 Å². The van der Waals surface area contributed by atoms with Crippen LogP contribution in [0.5, 0.6) is 0 Å². The molecule has 2 atom stereocenters. The predicted octanol–water partition coefficient (Wildman–Crippen LogP) is 3.39. The van der Waals surface area contributed by atoms with Crippen LogP contribution in [0.25, 0.3) is 0 Å². The third-order valence-electron chi connectivity index (χ3n) is 2.44. The minimum Gasteiger partial charge on any atom is -0.393 e. The Bertz CT molecular complexity index is 155. The minimum atomic E-state index is -0.148. The maximum Gasteiger partial charge on any atom is 0.0588 e. The predicted molar refractivity (Wildman–Crippen MR) is 58.7 cm³/mol. The topological polar surface area (TPSA) is 20.2 Å². The van der Waals surface area contributed by atoms with Crippen LogP contribution in [-0.4, -0.2) is 11.2 Å². The number of aliphatic hydroxyl groups excluding tert-OH is 1. The normalized spacial score (nSPS) is 15.6. The Labute approximate surface area is 82.9 Å². The Morgan fingerprint density at radius 2 is 1.77 bits per heavy atom. The van der Waals surface area contributed by atoms with Gasteiger partial charge < -0.3 is 5.11 Å². The van der Waals surface area contributed by atoms with Crippen molar-refractivity contribution in [1.82, 2.24) is 0 Å². The van der Waals surface area contributed by atoms with Crippen LogP contribution in [0.1, 0.15) is 47.5 Å². The third kappa shape index (κ3) is 5.87. The van der Waals surface area contributed by atoms with Crippen LogP contribution in [0.3, 0.4) is 0 Å². The molecule has 0 heterocycles. The van der Waals surface area contributed by atoms with E-state index in [1.54, 1.807) is 0 Å². The molecule has 0 spiro atoms. The molecule has 0 unspecified atom stereocenters. The van der Waals surface area contributed by atoms with E-state index < -0.39 is 0 Å². The van der Waals surface area contributed by atoms with E-state index in [9.17, 15) is 5.11 Å². The molecule has 0 aromatic rings. The number of aliphatic hydroxyl groups is 1. The summed E-state index contributed by atoms with van der Waals surface area (Å²) in [5, 5.41) is 9.74. The summed E-state index contributed by atoms with van der Waals surface area (Å²) in [7, 11) is 0. The highest BCUT2D eigenvalue weighted by Crippen LogP contribution is 2.17. The lowest BCUT2D eigenvalue weighted by molar-refractivity contribution is 0.0689. The monoisotopic (exact) mass is 184 g/mol. The van der Waals surface area contributed by atoms with Crippen LogP contribution in [0, 0.1) is 11.8 Å². The molecular formula is C12H24O. The Morgan fingerprint density at radius 1 is 1.23 bits per heavy atom. The number of hydrogen-bond acceptors (Lipinski definition) is 1. The average Bonchev–Trinajstić information content (AvgIpc) is 2.02. The fourth-order valence-electron chi connectivity index (χ4n) is 1.46. The zero-order valence-corrected chi connectivity index (χ0v) is 9.67. The van der Waals surface area contributed by atoms with Gasteiger partial charge in [0.05, 0.1) is 6.10 Å². The van der Waals surface area contributed by atoms with E-state index in [2.05, 4.69) is 40.7 Å². The Hall–Kier alpha value is -0.300. The molecule has 0 aliphatic rings. The molecule has 0 saturated carbocycles. The zero-order chi connectivity index (χ0) is 10.4. The molecular weight excluding hydrogens is 160 g/mol. The largest absolute Gasteiger partial charge is 0.393 e. The quantitative estimate of drug-likeness (QED) is 0.649. The number of allylic oxidation sites excluding steroid dienone is 2. The van der Waals surface area contributed by atoms with Crippen LogP contribution in [0.4, 0.5) is 0 Å². The summed E-state index contributed by atoms with van der Waals surface area (Å²) in [6.07, 6.45) is 4.27. The van der Waals surface area contributed by atoms with E-state index in [-0.39, 0.29) is 6.10 Å². The molecule has 1 nitrogen and oxygen atoms in total. The molecule has 1 heteroatoms. The summed E-state index contributed by atoms with van der Waals surface area (Å²) < 4.78 is 0. The third-order valence-corrected chi connectivity index (χ3v) is 2.44. The van der Waals surface area contributed by atoms with Gasteiger partial charge in [-0.2, -0.15) is 0 Å². The van der Waals surface area contributed by atoms with Crippen LogP contribution < -0.4 is 0 Å². The fraction of sp³-hybridized carbons (Fsp3) is 0.833. The van der Waals surface area contributed by atoms with Crippen LogP contribution in [-0.2, 0) is 0 Å². The van der Waals surface area contributed by atoms with Gasteiger partial charge in [-0.15, -0.1) is 0 Å². The summed E-state index contributed by atoms with van der Waals surface area (Å²) >= 11 is 0. The maximum absolute atomic E-state index is 9.74. The zero-order valence-electron chi connectivity index (χ0n) is 9.67. The van der Waals surface area contributed by atoms with Gasteiger partial charge in [-0.05, 0) is 38.5 Å². The number of hydrogen-bond donors (Lipinski definition) is 1. The molecule has 0 saturated heterocycles. The van der Waals surface area contributed by atoms with E-state index in [0.717, 1.165) is 12.8 Å². The fourth-order valence-corrected chi connectivity index (χ4v) is 1.46. The van der Waals surface area contributed by atoms with Crippen molar-refractivity contribution in [2.45, 2.75) is 53.6 Å². The summed E-state index contributed by atoms with van der Waals surface area (Å²) in [6, 6.07) is 0. The highest BCUT2D eigenvalue weighted by Gasteiger charge is 2.16. The highest BCUT2D eigenvalue weighted by molar-refractivity contribution is 4.93. The van der Waals surface area contributed by atoms with Gasteiger partial charge in [0.2, 0.25) is 0 Å². The molecule has 1 N–H and O–H groups in total. The van der Waals surface area contributed by atoms with Crippen molar-refractivity contribution < 1.29 is 5.11 Å². The van der Waals surface area contributed by atoms with Crippen molar-refractivity contribution in [3.05, 3.63) is 11.6 Å². The molecule has 0 aliphatic heterocycles. The Morgan fingerprint density at radius 3 is 2.15 bits per heavy atom. The molecule has 78 valence electrons. The van der Waals surface area contributed by atoms with Crippen molar-refractivity contribution in [3.63, 3.8) is 0 Å². The minimum absolute atomic E-state index is 0.148. The molecule has 0 bridgehead atoms. The molecule has 0 aromatic heterocycles. The highest BCUT2D eigenvalue weighted by atomic mass is 16.3. The van der Waals surface area contributed by atoms with E-state index in [1.165, 1.54) is 5.57 Å².